The van der Waals surface area contributed by atoms with Gasteiger partial charge in [-0.25, -0.2) is 0 Å². The number of carbonyl (C=O) groups excluding carboxylic acids is 2. The molecule has 4 heteroatoms. The van der Waals surface area contributed by atoms with Crippen LogP contribution in [0.25, 0.3) is 5.57 Å². The van der Waals surface area contributed by atoms with Crippen molar-refractivity contribution >= 4 is 17.4 Å². The third kappa shape index (κ3) is 3.67. The van der Waals surface area contributed by atoms with Gasteiger partial charge in [-0.1, -0.05) is 19.1 Å². The summed E-state index contributed by atoms with van der Waals surface area (Å²) in [5.41, 5.74) is 3.64. The average molecular weight is 370 g/mol. The second kappa shape index (κ2) is 6.50. The molecule has 0 saturated heterocycles. The number of amides is 1. The van der Waals surface area contributed by atoms with Crippen LogP contribution in [-0.2, 0) is 20.7 Å². The lowest BCUT2D eigenvalue weighted by Gasteiger charge is -2.25. The first-order valence-electron chi connectivity index (χ1n) is 9.89. The van der Waals surface area contributed by atoms with E-state index < -0.39 is 11.0 Å². The minimum absolute atomic E-state index is 0.173. The van der Waals surface area contributed by atoms with Gasteiger partial charge < -0.3 is 10.1 Å². The van der Waals surface area contributed by atoms with Crippen LogP contribution in [-0.4, -0.2) is 17.4 Å². The summed E-state index contributed by atoms with van der Waals surface area (Å²) in [6, 6.07) is 4.43. The van der Waals surface area contributed by atoms with Gasteiger partial charge in [0.15, 0.2) is 0 Å². The first-order valence-corrected chi connectivity index (χ1v) is 9.89. The molecule has 0 unspecified atom stereocenters. The van der Waals surface area contributed by atoms with Gasteiger partial charge in [0.1, 0.15) is 5.76 Å². The van der Waals surface area contributed by atoms with Crippen molar-refractivity contribution in [3.63, 3.8) is 0 Å². The summed E-state index contributed by atoms with van der Waals surface area (Å²) < 4.78 is 5.83. The molecule has 1 aromatic carbocycles. The molecule has 3 rings (SSSR count). The molecule has 1 saturated carbocycles. The van der Waals surface area contributed by atoms with Crippen molar-refractivity contribution in [2.75, 3.05) is 0 Å². The first kappa shape index (κ1) is 19.7. The Morgan fingerprint density at radius 2 is 1.89 bits per heavy atom. The van der Waals surface area contributed by atoms with Crippen LogP contribution < -0.4 is 5.32 Å². The topological polar surface area (TPSA) is 55.4 Å². The highest BCUT2D eigenvalue weighted by molar-refractivity contribution is 6.24. The number of rotatable bonds is 4. The number of esters is 1. The van der Waals surface area contributed by atoms with E-state index in [1.165, 1.54) is 18.4 Å². The Morgan fingerprint density at radius 3 is 2.41 bits per heavy atom. The van der Waals surface area contributed by atoms with Gasteiger partial charge in [0.25, 0.3) is 5.91 Å². The maximum Gasteiger partial charge on any atom is 0.316 e. The summed E-state index contributed by atoms with van der Waals surface area (Å²) in [6.07, 6.45) is 3.31. The van der Waals surface area contributed by atoms with Crippen molar-refractivity contribution in [1.82, 2.24) is 5.32 Å². The monoisotopic (exact) mass is 369 g/mol. The van der Waals surface area contributed by atoms with Crippen molar-refractivity contribution in [2.24, 2.45) is 5.41 Å². The van der Waals surface area contributed by atoms with Crippen LogP contribution >= 0.6 is 0 Å². The zero-order valence-electron chi connectivity index (χ0n) is 17.6. The van der Waals surface area contributed by atoms with Crippen LogP contribution in [0, 0.1) is 12.3 Å². The molecule has 0 atom stereocenters. The predicted octanol–water partition coefficient (Wildman–Crippen LogP) is 4.64. The van der Waals surface area contributed by atoms with Gasteiger partial charge >= 0.3 is 5.97 Å². The number of hydrogen-bond acceptors (Lipinski definition) is 3. The highest BCUT2D eigenvalue weighted by Crippen LogP contribution is 2.44. The molecule has 146 valence electrons. The molecule has 4 nitrogen and oxygen atoms in total. The van der Waals surface area contributed by atoms with Gasteiger partial charge in [0.2, 0.25) is 0 Å². The van der Waals surface area contributed by atoms with Gasteiger partial charge in [-0.2, -0.15) is 0 Å². The molecule has 1 aliphatic carbocycles. The van der Waals surface area contributed by atoms with Gasteiger partial charge in [0.05, 0.1) is 16.5 Å². The minimum Gasteiger partial charge on any atom is -0.427 e. The molecule has 1 amide bonds. The fourth-order valence-electron chi connectivity index (χ4n) is 3.65. The maximum absolute atomic E-state index is 12.9. The lowest BCUT2D eigenvalue weighted by molar-refractivity contribution is -0.149. The molecule has 0 aromatic heterocycles. The second-order valence-electron chi connectivity index (χ2n) is 9.42. The SMILES string of the molecule is CCc1cc(C2CC2)cc(C)c1C1=C(OC(=O)C(C)(C)C)C(C)(C)NC1=O. The first-order chi connectivity index (χ1) is 12.5. The number of hydrogen-bond donors (Lipinski definition) is 1. The van der Waals surface area contributed by atoms with Gasteiger partial charge in [0, 0.05) is 0 Å². The van der Waals surface area contributed by atoms with E-state index in [0.717, 1.165) is 23.1 Å². The highest BCUT2D eigenvalue weighted by atomic mass is 16.5. The standard InChI is InChI=1S/C23H31NO3/c1-8-14-12-16(15-9-10-15)11-13(2)17(14)18-19(23(6,7)24-20(18)25)27-21(26)22(3,4)5/h11-12,15H,8-10H2,1-7H3,(H,24,25). The number of nitrogens with one attached hydrogen (secondary N) is 1. The molecule has 27 heavy (non-hydrogen) atoms. The van der Waals surface area contributed by atoms with Crippen molar-refractivity contribution in [1.29, 1.82) is 0 Å². The molecule has 1 heterocycles. The molecule has 2 aliphatic rings. The normalized spacial score (nSPS) is 19.3. The Labute approximate surface area is 162 Å². The minimum atomic E-state index is -0.722. The number of ether oxygens (including phenoxy) is 1. The third-order valence-corrected chi connectivity index (χ3v) is 5.37. The number of benzene rings is 1. The summed E-state index contributed by atoms with van der Waals surface area (Å²) in [5.74, 6) is 0.590. The second-order valence-corrected chi connectivity index (χ2v) is 9.42. The van der Waals surface area contributed by atoms with Crippen molar-refractivity contribution < 1.29 is 14.3 Å². The van der Waals surface area contributed by atoms with Crippen molar-refractivity contribution in [3.8, 4) is 0 Å². The van der Waals surface area contributed by atoms with E-state index in [9.17, 15) is 9.59 Å². The van der Waals surface area contributed by atoms with E-state index in [2.05, 4.69) is 31.3 Å². The Morgan fingerprint density at radius 1 is 1.26 bits per heavy atom. The predicted molar refractivity (Wildman–Crippen MR) is 107 cm³/mol. The molecule has 0 spiro atoms. The average Bonchev–Trinajstić information content (AvgIpc) is 3.35. The van der Waals surface area contributed by atoms with Gasteiger partial charge in [-0.15, -0.1) is 0 Å². The van der Waals surface area contributed by atoms with Gasteiger partial charge in [-0.05, 0) is 89.0 Å². The Kier molecular flexibility index (Phi) is 4.73. The summed E-state index contributed by atoms with van der Waals surface area (Å²) in [5, 5.41) is 2.99. The van der Waals surface area contributed by atoms with E-state index in [0.29, 0.717) is 17.3 Å². The van der Waals surface area contributed by atoms with E-state index in [-0.39, 0.29) is 11.9 Å². The van der Waals surface area contributed by atoms with Crippen LogP contribution in [0.1, 0.15) is 82.6 Å². The highest BCUT2D eigenvalue weighted by Gasteiger charge is 2.43. The summed E-state index contributed by atoms with van der Waals surface area (Å²) in [6.45, 7) is 13.4. The zero-order valence-corrected chi connectivity index (χ0v) is 17.6. The van der Waals surface area contributed by atoms with Crippen LogP contribution in [0.5, 0.6) is 0 Å². The molecular formula is C23H31NO3. The molecule has 0 bridgehead atoms. The van der Waals surface area contributed by atoms with Crippen LogP contribution in [0.15, 0.2) is 17.9 Å². The quantitative estimate of drug-likeness (QED) is 0.787. The number of carbonyl (C=O) groups is 2. The van der Waals surface area contributed by atoms with E-state index in [4.69, 9.17) is 4.74 Å². The van der Waals surface area contributed by atoms with Crippen LogP contribution in [0.4, 0.5) is 0 Å². The van der Waals surface area contributed by atoms with Crippen LogP contribution in [0.2, 0.25) is 0 Å². The lowest BCUT2D eigenvalue weighted by Crippen LogP contribution is -2.40. The summed E-state index contributed by atoms with van der Waals surface area (Å²) >= 11 is 0. The maximum atomic E-state index is 12.9. The summed E-state index contributed by atoms with van der Waals surface area (Å²) in [7, 11) is 0. The molecule has 1 N–H and O–H groups in total. The molecule has 1 fully saturated rings. The van der Waals surface area contributed by atoms with Crippen LogP contribution in [0.3, 0.4) is 0 Å². The van der Waals surface area contributed by atoms with E-state index >= 15 is 0 Å². The van der Waals surface area contributed by atoms with Crippen molar-refractivity contribution in [3.05, 3.63) is 40.1 Å². The fraction of sp³-hybridized carbons (Fsp3) is 0.565. The Hall–Kier alpha value is -2.10. The molecule has 0 radical (unpaired) electrons. The van der Waals surface area contributed by atoms with Crippen molar-refractivity contribution in [2.45, 2.75) is 79.2 Å². The van der Waals surface area contributed by atoms with E-state index in [1.54, 1.807) is 0 Å². The molecular weight excluding hydrogens is 338 g/mol. The zero-order chi connectivity index (χ0) is 20.1. The van der Waals surface area contributed by atoms with E-state index in [1.807, 2.05) is 34.6 Å². The Balaban J connectivity index is 2.17. The fourth-order valence-corrected chi connectivity index (χ4v) is 3.65. The smallest absolute Gasteiger partial charge is 0.316 e. The van der Waals surface area contributed by atoms with Gasteiger partial charge in [-0.3, -0.25) is 9.59 Å². The number of aryl methyl sites for hydroxylation is 2. The Bertz CT molecular complexity index is 836. The lowest BCUT2D eigenvalue weighted by atomic mass is 9.88. The summed E-state index contributed by atoms with van der Waals surface area (Å²) in [4.78, 5) is 25.5. The molecule has 1 aliphatic heterocycles. The third-order valence-electron chi connectivity index (χ3n) is 5.37. The molecule has 1 aromatic rings. The largest absolute Gasteiger partial charge is 0.427 e.